The summed E-state index contributed by atoms with van der Waals surface area (Å²) in [4.78, 5) is 0. The molecule has 0 spiro atoms. The number of benzene rings is 2. The van der Waals surface area contributed by atoms with Gasteiger partial charge in [-0.15, -0.1) is 0 Å². The fourth-order valence-electron chi connectivity index (χ4n) is 2.07. The summed E-state index contributed by atoms with van der Waals surface area (Å²) in [6.45, 7) is 0. The number of hydrazine groups is 1. The molecule has 6 heteroatoms. The molecule has 0 radical (unpaired) electrons. The minimum atomic E-state index is -0.302. The van der Waals surface area contributed by atoms with Gasteiger partial charge in [0.1, 0.15) is 11.6 Å². The molecule has 0 aliphatic carbocycles. The van der Waals surface area contributed by atoms with Crippen LogP contribution in [0.15, 0.2) is 45.3 Å². The van der Waals surface area contributed by atoms with Crippen LogP contribution in [0, 0.1) is 5.82 Å². The van der Waals surface area contributed by atoms with E-state index in [1.807, 2.05) is 24.3 Å². The Labute approximate surface area is 139 Å². The zero-order chi connectivity index (χ0) is 15.4. The van der Waals surface area contributed by atoms with Crippen LogP contribution >= 0.6 is 31.9 Å². The Morgan fingerprint density at radius 1 is 1.19 bits per heavy atom. The summed E-state index contributed by atoms with van der Waals surface area (Å²) in [6, 6.07) is 10.6. The predicted molar refractivity (Wildman–Crippen MR) is 88.6 cm³/mol. The molecule has 2 rings (SSSR count). The number of rotatable bonds is 5. The van der Waals surface area contributed by atoms with Crippen LogP contribution in [-0.4, -0.2) is 7.11 Å². The van der Waals surface area contributed by atoms with Crippen molar-refractivity contribution in [3.63, 3.8) is 0 Å². The Morgan fingerprint density at radius 2 is 1.95 bits per heavy atom. The van der Waals surface area contributed by atoms with Gasteiger partial charge < -0.3 is 4.74 Å². The van der Waals surface area contributed by atoms with E-state index in [9.17, 15) is 4.39 Å². The first-order valence-electron chi connectivity index (χ1n) is 6.28. The minimum absolute atomic E-state index is 0.173. The fraction of sp³-hybridized carbons (Fsp3) is 0.200. The molecule has 3 nitrogen and oxygen atoms in total. The first-order chi connectivity index (χ1) is 10.0. The molecule has 21 heavy (non-hydrogen) atoms. The Hall–Kier alpha value is -0.950. The van der Waals surface area contributed by atoms with Crippen LogP contribution in [0.5, 0.6) is 5.75 Å². The number of halogens is 3. The molecule has 0 aliphatic rings. The Balaban J connectivity index is 2.22. The van der Waals surface area contributed by atoms with Crippen molar-refractivity contribution in [2.45, 2.75) is 12.5 Å². The lowest BCUT2D eigenvalue weighted by atomic mass is 9.99. The summed E-state index contributed by atoms with van der Waals surface area (Å²) in [5.41, 5.74) is 4.59. The quantitative estimate of drug-likeness (QED) is 0.568. The number of nitrogens with one attached hydrogen (secondary N) is 1. The first-order valence-corrected chi connectivity index (χ1v) is 7.87. The number of methoxy groups -OCH3 is 1. The summed E-state index contributed by atoms with van der Waals surface area (Å²) >= 11 is 6.60. The molecular formula is C15H15Br2FN2O. The minimum Gasteiger partial charge on any atom is -0.496 e. The lowest BCUT2D eigenvalue weighted by Gasteiger charge is -2.17. The standard InChI is InChI=1S/C15H15Br2FN2O/c1-21-15-5-2-9(6-12(15)17)7-14(20-19)10-3-4-11(16)13(18)8-10/h2-6,8,14,20H,7,19H2,1H3. The van der Waals surface area contributed by atoms with Gasteiger partial charge in [-0.05, 0) is 73.7 Å². The molecule has 2 aromatic rings. The van der Waals surface area contributed by atoms with Crippen molar-refractivity contribution in [2.75, 3.05) is 7.11 Å². The highest BCUT2D eigenvalue weighted by Crippen LogP contribution is 2.28. The van der Waals surface area contributed by atoms with Crippen LogP contribution in [0.1, 0.15) is 17.2 Å². The number of ether oxygens (including phenoxy) is 1. The monoisotopic (exact) mass is 416 g/mol. The third-order valence-electron chi connectivity index (χ3n) is 3.20. The van der Waals surface area contributed by atoms with Crippen molar-refractivity contribution in [3.8, 4) is 5.75 Å². The van der Waals surface area contributed by atoms with E-state index in [1.54, 1.807) is 13.2 Å². The van der Waals surface area contributed by atoms with Crippen LogP contribution in [0.2, 0.25) is 0 Å². The highest BCUT2D eigenvalue weighted by Gasteiger charge is 2.13. The third kappa shape index (κ3) is 4.03. The van der Waals surface area contributed by atoms with Gasteiger partial charge in [0, 0.05) is 0 Å². The van der Waals surface area contributed by atoms with Gasteiger partial charge in [-0.1, -0.05) is 12.1 Å². The van der Waals surface area contributed by atoms with Gasteiger partial charge in [0.05, 0.1) is 22.1 Å². The van der Waals surface area contributed by atoms with Crippen molar-refractivity contribution in [3.05, 3.63) is 62.3 Å². The maximum Gasteiger partial charge on any atom is 0.137 e. The molecule has 0 aromatic heterocycles. The maximum atomic E-state index is 13.6. The van der Waals surface area contributed by atoms with Gasteiger partial charge in [-0.3, -0.25) is 11.3 Å². The van der Waals surface area contributed by atoms with Gasteiger partial charge in [-0.2, -0.15) is 0 Å². The molecule has 0 heterocycles. The van der Waals surface area contributed by atoms with Gasteiger partial charge in [0.25, 0.3) is 0 Å². The first kappa shape index (κ1) is 16.4. The molecule has 0 amide bonds. The number of hydrogen-bond acceptors (Lipinski definition) is 3. The molecule has 112 valence electrons. The van der Waals surface area contributed by atoms with E-state index in [-0.39, 0.29) is 11.9 Å². The van der Waals surface area contributed by atoms with E-state index < -0.39 is 0 Å². The molecule has 1 unspecified atom stereocenters. The maximum absolute atomic E-state index is 13.6. The van der Waals surface area contributed by atoms with E-state index >= 15 is 0 Å². The molecule has 0 saturated heterocycles. The second-order valence-corrected chi connectivity index (χ2v) is 6.27. The molecule has 2 aromatic carbocycles. The summed E-state index contributed by atoms with van der Waals surface area (Å²) in [5, 5.41) is 0. The van der Waals surface area contributed by atoms with Crippen LogP contribution < -0.4 is 16.0 Å². The second-order valence-electron chi connectivity index (χ2n) is 4.57. The van der Waals surface area contributed by atoms with Crippen LogP contribution in [0.25, 0.3) is 0 Å². The van der Waals surface area contributed by atoms with E-state index in [0.29, 0.717) is 10.9 Å². The summed E-state index contributed by atoms with van der Waals surface area (Å²) < 4.78 is 20.2. The van der Waals surface area contributed by atoms with Crippen molar-refractivity contribution in [2.24, 2.45) is 5.84 Å². The van der Waals surface area contributed by atoms with Crippen LogP contribution in [0.3, 0.4) is 0 Å². The van der Waals surface area contributed by atoms with Gasteiger partial charge in [-0.25, -0.2) is 4.39 Å². The van der Waals surface area contributed by atoms with Crippen molar-refractivity contribution in [1.29, 1.82) is 0 Å². The molecule has 0 bridgehead atoms. The molecule has 1 atom stereocenters. The highest BCUT2D eigenvalue weighted by molar-refractivity contribution is 9.10. The molecule has 0 fully saturated rings. The van der Waals surface area contributed by atoms with Crippen molar-refractivity contribution >= 4 is 31.9 Å². The molecule has 0 saturated carbocycles. The Morgan fingerprint density at radius 3 is 2.52 bits per heavy atom. The van der Waals surface area contributed by atoms with Gasteiger partial charge in [0.15, 0.2) is 0 Å². The smallest absolute Gasteiger partial charge is 0.137 e. The lowest BCUT2D eigenvalue weighted by Crippen LogP contribution is -2.29. The molecule has 3 N–H and O–H groups in total. The van der Waals surface area contributed by atoms with Gasteiger partial charge >= 0.3 is 0 Å². The Bertz CT molecular complexity index is 637. The number of hydrogen-bond donors (Lipinski definition) is 2. The van der Waals surface area contributed by atoms with E-state index in [1.165, 1.54) is 6.07 Å². The zero-order valence-electron chi connectivity index (χ0n) is 11.4. The summed E-state index contributed by atoms with van der Waals surface area (Å²) in [5.74, 6) is 6.08. The second kappa shape index (κ2) is 7.35. The third-order valence-corrected chi connectivity index (χ3v) is 4.47. The van der Waals surface area contributed by atoms with Crippen molar-refractivity contribution in [1.82, 2.24) is 5.43 Å². The van der Waals surface area contributed by atoms with Crippen LogP contribution in [0.4, 0.5) is 4.39 Å². The molecular weight excluding hydrogens is 403 g/mol. The lowest BCUT2D eigenvalue weighted by molar-refractivity contribution is 0.412. The highest BCUT2D eigenvalue weighted by atomic mass is 79.9. The number of nitrogens with two attached hydrogens (primary N) is 1. The fourth-order valence-corrected chi connectivity index (χ4v) is 2.91. The average molecular weight is 418 g/mol. The molecule has 0 aliphatic heterocycles. The average Bonchev–Trinajstić information content (AvgIpc) is 2.48. The van der Waals surface area contributed by atoms with Gasteiger partial charge in [0.2, 0.25) is 0 Å². The van der Waals surface area contributed by atoms with Crippen molar-refractivity contribution < 1.29 is 9.13 Å². The van der Waals surface area contributed by atoms with E-state index in [0.717, 1.165) is 21.3 Å². The summed E-state index contributed by atoms with van der Waals surface area (Å²) in [7, 11) is 1.62. The topological polar surface area (TPSA) is 47.3 Å². The SMILES string of the molecule is COc1ccc(CC(NN)c2ccc(Br)c(F)c2)cc1Br. The zero-order valence-corrected chi connectivity index (χ0v) is 14.5. The Kier molecular flexibility index (Phi) is 5.75. The predicted octanol–water partition coefficient (Wildman–Crippen LogP) is 4.11. The van der Waals surface area contributed by atoms with Crippen LogP contribution in [-0.2, 0) is 6.42 Å². The van der Waals surface area contributed by atoms with E-state index in [2.05, 4.69) is 37.3 Å². The largest absolute Gasteiger partial charge is 0.496 e. The van der Waals surface area contributed by atoms with E-state index in [4.69, 9.17) is 10.6 Å². The normalized spacial score (nSPS) is 12.2. The summed E-state index contributed by atoms with van der Waals surface area (Å²) in [6.07, 6.45) is 0.639.